The van der Waals surface area contributed by atoms with Gasteiger partial charge in [0.05, 0.1) is 16.9 Å². The fourth-order valence-corrected chi connectivity index (χ4v) is 5.61. The van der Waals surface area contributed by atoms with Crippen molar-refractivity contribution < 1.29 is 21.6 Å². The van der Waals surface area contributed by atoms with E-state index in [1.54, 1.807) is 6.92 Å². The minimum absolute atomic E-state index is 0.0384. The maximum atomic E-state index is 13.4. The van der Waals surface area contributed by atoms with Gasteiger partial charge >= 0.3 is 6.18 Å². The molecular formula is C17H19ClF3N3O2S. The zero-order valence-electron chi connectivity index (χ0n) is 15.0. The van der Waals surface area contributed by atoms with Gasteiger partial charge in [0.1, 0.15) is 10.0 Å². The smallest absolute Gasteiger partial charge is 0.263 e. The zero-order valence-corrected chi connectivity index (χ0v) is 16.5. The molecule has 0 spiro atoms. The average Bonchev–Trinajstić information content (AvgIpc) is 3.35. The second-order valence-corrected chi connectivity index (χ2v) is 8.87. The number of benzene rings is 1. The van der Waals surface area contributed by atoms with Gasteiger partial charge in [0.2, 0.25) is 0 Å². The van der Waals surface area contributed by atoms with E-state index in [-0.39, 0.29) is 27.3 Å². The van der Waals surface area contributed by atoms with Crippen molar-refractivity contribution in [1.82, 2.24) is 9.78 Å². The first-order chi connectivity index (χ1) is 12.4. The van der Waals surface area contributed by atoms with Crippen molar-refractivity contribution in [3.05, 3.63) is 40.7 Å². The molecule has 1 saturated carbocycles. The van der Waals surface area contributed by atoms with E-state index < -0.39 is 27.8 Å². The molecule has 1 heterocycles. The quantitative estimate of drug-likeness (QED) is 0.719. The van der Waals surface area contributed by atoms with Crippen LogP contribution in [0.3, 0.4) is 0 Å². The lowest BCUT2D eigenvalue weighted by atomic mass is 10.1. The van der Waals surface area contributed by atoms with E-state index in [4.69, 9.17) is 11.6 Å². The van der Waals surface area contributed by atoms with Crippen LogP contribution in [-0.4, -0.2) is 24.2 Å². The number of anilines is 1. The van der Waals surface area contributed by atoms with Gasteiger partial charge in [-0.15, -0.1) is 0 Å². The number of aromatic nitrogens is 2. The molecule has 1 atom stereocenters. The fraction of sp³-hybridized carbons (Fsp3) is 0.471. The molecule has 27 heavy (non-hydrogen) atoms. The van der Waals surface area contributed by atoms with Crippen LogP contribution in [0.1, 0.15) is 31.0 Å². The van der Waals surface area contributed by atoms with Crippen LogP contribution in [-0.2, 0) is 23.2 Å². The Morgan fingerprint density at radius 2 is 1.96 bits per heavy atom. The van der Waals surface area contributed by atoms with Crippen molar-refractivity contribution in [2.24, 2.45) is 13.0 Å². The van der Waals surface area contributed by atoms with E-state index >= 15 is 0 Å². The molecule has 1 aliphatic rings. The maximum absolute atomic E-state index is 13.4. The third-order valence-corrected chi connectivity index (χ3v) is 7.33. The Morgan fingerprint density at radius 3 is 2.44 bits per heavy atom. The molecule has 0 radical (unpaired) electrons. The Balaban J connectivity index is 2.18. The molecule has 0 amide bonds. The van der Waals surface area contributed by atoms with Gasteiger partial charge < -0.3 is 0 Å². The van der Waals surface area contributed by atoms with Crippen LogP contribution in [0.2, 0.25) is 5.15 Å². The van der Waals surface area contributed by atoms with E-state index in [0.29, 0.717) is 0 Å². The zero-order chi connectivity index (χ0) is 20.1. The third-order valence-electron chi connectivity index (χ3n) is 4.72. The van der Waals surface area contributed by atoms with E-state index in [0.717, 1.165) is 29.3 Å². The van der Waals surface area contributed by atoms with Crippen molar-refractivity contribution in [2.45, 2.75) is 43.8 Å². The molecule has 2 aromatic rings. The third kappa shape index (κ3) is 3.67. The van der Waals surface area contributed by atoms with Crippen LogP contribution in [0.25, 0.3) is 0 Å². The first-order valence-corrected chi connectivity index (χ1v) is 10.2. The van der Waals surface area contributed by atoms with Crippen molar-refractivity contribution in [3.8, 4) is 0 Å². The molecule has 3 rings (SSSR count). The summed E-state index contributed by atoms with van der Waals surface area (Å²) >= 11 is 6.15. The summed E-state index contributed by atoms with van der Waals surface area (Å²) in [4.78, 5) is -0.184. The number of alkyl halides is 3. The van der Waals surface area contributed by atoms with Gasteiger partial charge in [0.25, 0.3) is 10.0 Å². The van der Waals surface area contributed by atoms with Crippen molar-refractivity contribution in [1.29, 1.82) is 0 Å². The number of sulfonamides is 1. The summed E-state index contributed by atoms with van der Waals surface area (Å²) in [7, 11) is -2.70. The Labute approximate surface area is 160 Å². The van der Waals surface area contributed by atoms with Crippen LogP contribution in [0.15, 0.2) is 29.2 Å². The predicted molar refractivity (Wildman–Crippen MR) is 96.2 cm³/mol. The molecule has 0 saturated heterocycles. The summed E-state index contributed by atoms with van der Waals surface area (Å²) in [5.41, 5.74) is -0.747. The van der Waals surface area contributed by atoms with E-state index in [1.165, 1.54) is 30.8 Å². The summed E-state index contributed by atoms with van der Waals surface area (Å²) in [5, 5.41) is 3.95. The van der Waals surface area contributed by atoms with E-state index in [2.05, 4.69) is 5.10 Å². The second kappa shape index (κ2) is 6.70. The Bertz CT molecular complexity index is 968. The van der Waals surface area contributed by atoms with Gasteiger partial charge in [-0.25, -0.2) is 8.42 Å². The highest BCUT2D eigenvalue weighted by molar-refractivity contribution is 7.93. The first kappa shape index (κ1) is 20.0. The lowest BCUT2D eigenvalue weighted by Crippen LogP contribution is -2.40. The number of rotatable bonds is 5. The highest BCUT2D eigenvalue weighted by Gasteiger charge is 2.41. The normalized spacial score (nSPS) is 16.4. The number of aryl methyl sites for hydroxylation is 2. The van der Waals surface area contributed by atoms with Crippen molar-refractivity contribution >= 4 is 27.3 Å². The number of hydrogen-bond acceptors (Lipinski definition) is 3. The van der Waals surface area contributed by atoms with Crippen LogP contribution in [0, 0.1) is 12.8 Å². The number of halogens is 4. The lowest BCUT2D eigenvalue weighted by Gasteiger charge is -2.31. The summed E-state index contributed by atoms with van der Waals surface area (Å²) < 4.78 is 68.6. The standard InChI is InChI=1S/C17H19ClF3N3O2S/c1-10-15(16(18)23(3)22-10)27(25,26)24(11(2)12-7-8-12)14-6-4-5-13(9-14)17(19,20)21/h4-6,9,11-12H,7-8H2,1-3H3. The van der Waals surface area contributed by atoms with Crippen LogP contribution < -0.4 is 4.31 Å². The van der Waals surface area contributed by atoms with Gasteiger partial charge in [-0.1, -0.05) is 17.7 Å². The first-order valence-electron chi connectivity index (χ1n) is 8.35. The van der Waals surface area contributed by atoms with Crippen LogP contribution >= 0.6 is 11.6 Å². The highest BCUT2D eigenvalue weighted by Crippen LogP contribution is 2.42. The molecular weight excluding hydrogens is 403 g/mol. The molecule has 1 fully saturated rings. The van der Waals surface area contributed by atoms with Crippen LogP contribution in [0.5, 0.6) is 0 Å². The Kier molecular flexibility index (Phi) is 4.96. The molecule has 0 aliphatic heterocycles. The van der Waals surface area contributed by atoms with Gasteiger partial charge in [-0.3, -0.25) is 8.99 Å². The molecule has 148 valence electrons. The SMILES string of the molecule is Cc1nn(C)c(Cl)c1S(=O)(=O)N(c1cccc(C(F)(F)F)c1)C(C)C1CC1. The topological polar surface area (TPSA) is 55.2 Å². The van der Waals surface area contributed by atoms with Crippen LogP contribution in [0.4, 0.5) is 18.9 Å². The second-order valence-electron chi connectivity index (χ2n) is 6.76. The van der Waals surface area contributed by atoms with E-state index in [9.17, 15) is 21.6 Å². The van der Waals surface area contributed by atoms with Gasteiger partial charge in [0, 0.05) is 13.1 Å². The number of hydrogen-bond donors (Lipinski definition) is 0. The molecule has 0 bridgehead atoms. The lowest BCUT2D eigenvalue weighted by molar-refractivity contribution is -0.137. The number of nitrogens with zero attached hydrogens (tertiary/aromatic N) is 3. The average molecular weight is 422 g/mol. The van der Waals surface area contributed by atoms with Gasteiger partial charge in [-0.05, 0) is 50.8 Å². The summed E-state index contributed by atoms with van der Waals surface area (Å²) in [6.07, 6.45) is -2.92. The molecule has 1 aromatic carbocycles. The molecule has 10 heteroatoms. The summed E-state index contributed by atoms with van der Waals surface area (Å²) in [5.74, 6) is 0.0880. The molecule has 1 aliphatic carbocycles. The molecule has 0 N–H and O–H groups in total. The summed E-state index contributed by atoms with van der Waals surface area (Å²) in [6.45, 7) is 3.21. The van der Waals surface area contributed by atoms with E-state index in [1.807, 2.05) is 0 Å². The summed E-state index contributed by atoms with van der Waals surface area (Å²) in [6, 6.07) is 3.84. The minimum atomic E-state index is -4.57. The van der Waals surface area contributed by atoms with Crippen molar-refractivity contribution in [2.75, 3.05) is 4.31 Å². The Morgan fingerprint density at radius 1 is 1.33 bits per heavy atom. The van der Waals surface area contributed by atoms with Gasteiger partial charge in [0.15, 0.2) is 0 Å². The fourth-order valence-electron chi connectivity index (χ4n) is 3.18. The minimum Gasteiger partial charge on any atom is -0.263 e. The Hall–Kier alpha value is -1.74. The maximum Gasteiger partial charge on any atom is 0.416 e. The molecule has 1 aromatic heterocycles. The predicted octanol–water partition coefficient (Wildman–Crippen LogP) is 4.39. The molecule has 5 nitrogen and oxygen atoms in total. The monoisotopic (exact) mass is 421 g/mol. The molecule has 1 unspecified atom stereocenters. The van der Waals surface area contributed by atoms with Crippen molar-refractivity contribution in [3.63, 3.8) is 0 Å². The van der Waals surface area contributed by atoms with Gasteiger partial charge in [-0.2, -0.15) is 18.3 Å². The largest absolute Gasteiger partial charge is 0.416 e. The highest BCUT2D eigenvalue weighted by atomic mass is 35.5.